The summed E-state index contributed by atoms with van der Waals surface area (Å²) in [5.41, 5.74) is -0.957. The third-order valence-corrected chi connectivity index (χ3v) is 3.40. The topological polar surface area (TPSA) is 87.7 Å². The van der Waals surface area contributed by atoms with Gasteiger partial charge in [-0.15, -0.1) is 0 Å². The zero-order valence-electron chi connectivity index (χ0n) is 13.3. The van der Waals surface area contributed by atoms with Gasteiger partial charge in [-0.2, -0.15) is 0 Å². The molecule has 0 aliphatic carbocycles. The molecule has 0 unspecified atom stereocenters. The maximum atomic E-state index is 11.9. The third-order valence-electron chi connectivity index (χ3n) is 3.40. The van der Waals surface area contributed by atoms with Crippen LogP contribution in [0.4, 0.5) is 4.79 Å². The van der Waals surface area contributed by atoms with Gasteiger partial charge >= 0.3 is 6.03 Å². The van der Waals surface area contributed by atoms with E-state index in [1.54, 1.807) is 13.8 Å². The van der Waals surface area contributed by atoms with Crippen molar-refractivity contribution in [2.24, 2.45) is 0 Å². The van der Waals surface area contributed by atoms with E-state index in [2.05, 4.69) is 10.6 Å². The van der Waals surface area contributed by atoms with Crippen LogP contribution < -0.4 is 15.4 Å². The zero-order valence-corrected chi connectivity index (χ0v) is 13.3. The van der Waals surface area contributed by atoms with Gasteiger partial charge < -0.3 is 15.4 Å². The van der Waals surface area contributed by atoms with E-state index in [0.29, 0.717) is 19.6 Å². The van der Waals surface area contributed by atoms with Crippen molar-refractivity contribution in [3.8, 4) is 5.75 Å². The Kier molecular flexibility index (Phi) is 5.20. The number of nitrogens with zero attached hydrogens (tertiary/aromatic N) is 1. The first kappa shape index (κ1) is 16.8. The summed E-state index contributed by atoms with van der Waals surface area (Å²) >= 11 is 0. The van der Waals surface area contributed by atoms with Crippen LogP contribution in [0.3, 0.4) is 0 Å². The number of carbonyl (C=O) groups is 3. The van der Waals surface area contributed by atoms with Crippen LogP contribution in [0.25, 0.3) is 0 Å². The Balaban J connectivity index is 1.66. The summed E-state index contributed by atoms with van der Waals surface area (Å²) in [6.07, 6.45) is 0.631. The molecule has 7 nitrogen and oxygen atoms in total. The second kappa shape index (κ2) is 7.13. The van der Waals surface area contributed by atoms with Gasteiger partial charge in [-0.05, 0) is 32.4 Å². The van der Waals surface area contributed by atoms with E-state index in [9.17, 15) is 14.4 Å². The van der Waals surface area contributed by atoms with Crippen molar-refractivity contribution in [1.82, 2.24) is 15.5 Å². The Hall–Kier alpha value is -2.57. The van der Waals surface area contributed by atoms with Crippen molar-refractivity contribution < 1.29 is 19.1 Å². The Labute approximate surface area is 135 Å². The van der Waals surface area contributed by atoms with Gasteiger partial charge in [0.1, 0.15) is 17.8 Å². The van der Waals surface area contributed by atoms with Gasteiger partial charge in [0.15, 0.2) is 0 Å². The Morgan fingerprint density at radius 1 is 1.26 bits per heavy atom. The molecule has 2 N–H and O–H groups in total. The minimum atomic E-state index is -0.957. The van der Waals surface area contributed by atoms with E-state index in [1.807, 2.05) is 30.3 Å². The molecule has 1 fully saturated rings. The van der Waals surface area contributed by atoms with Gasteiger partial charge in [0.05, 0.1) is 6.61 Å². The highest BCUT2D eigenvalue weighted by molar-refractivity contribution is 6.08. The summed E-state index contributed by atoms with van der Waals surface area (Å²) < 4.78 is 5.50. The number of hydrogen-bond donors (Lipinski definition) is 2. The molecule has 0 aromatic heterocycles. The predicted octanol–water partition coefficient (Wildman–Crippen LogP) is 0.902. The fraction of sp³-hybridized carbons (Fsp3) is 0.438. The first-order valence-corrected chi connectivity index (χ1v) is 7.49. The maximum absolute atomic E-state index is 11.9. The van der Waals surface area contributed by atoms with Crippen molar-refractivity contribution in [3.05, 3.63) is 30.3 Å². The first-order valence-electron chi connectivity index (χ1n) is 7.49. The standard InChI is InChI=1S/C16H21N3O4/c1-16(2)14(21)19(15(22)18-16)11-13(20)17-9-6-10-23-12-7-4-3-5-8-12/h3-5,7-8H,6,9-11H2,1-2H3,(H,17,20)(H,18,22). The van der Waals surface area contributed by atoms with Crippen LogP contribution in [-0.2, 0) is 9.59 Å². The molecule has 0 atom stereocenters. The van der Waals surface area contributed by atoms with Crippen LogP contribution in [0.15, 0.2) is 30.3 Å². The number of hydrogen-bond acceptors (Lipinski definition) is 4. The lowest BCUT2D eigenvalue weighted by Gasteiger charge is -2.15. The summed E-state index contributed by atoms with van der Waals surface area (Å²) in [5, 5.41) is 5.20. The summed E-state index contributed by atoms with van der Waals surface area (Å²) in [4.78, 5) is 36.3. The number of carbonyl (C=O) groups excluding carboxylic acids is 3. The van der Waals surface area contributed by atoms with E-state index in [0.717, 1.165) is 10.6 Å². The van der Waals surface area contributed by atoms with Gasteiger partial charge in [0.25, 0.3) is 5.91 Å². The monoisotopic (exact) mass is 319 g/mol. The normalized spacial score (nSPS) is 16.2. The Bertz CT molecular complexity index is 586. The summed E-state index contributed by atoms with van der Waals surface area (Å²) in [6.45, 7) is 3.82. The molecule has 7 heteroatoms. The average Bonchev–Trinajstić information content (AvgIpc) is 2.70. The quantitative estimate of drug-likeness (QED) is 0.577. The Morgan fingerprint density at radius 2 is 1.96 bits per heavy atom. The molecule has 1 aliphatic rings. The summed E-state index contributed by atoms with van der Waals surface area (Å²) in [7, 11) is 0. The molecule has 0 radical (unpaired) electrons. The molecule has 4 amide bonds. The van der Waals surface area contributed by atoms with Crippen LogP contribution in [0.1, 0.15) is 20.3 Å². The third kappa shape index (κ3) is 4.45. The minimum Gasteiger partial charge on any atom is -0.494 e. The van der Waals surface area contributed by atoms with E-state index in [4.69, 9.17) is 4.74 Å². The van der Waals surface area contributed by atoms with Crippen LogP contribution in [0.5, 0.6) is 5.75 Å². The molecule has 1 saturated heterocycles. The number of urea groups is 1. The summed E-state index contributed by atoms with van der Waals surface area (Å²) in [6, 6.07) is 8.86. The van der Waals surface area contributed by atoms with Crippen LogP contribution in [0, 0.1) is 0 Å². The van der Waals surface area contributed by atoms with E-state index >= 15 is 0 Å². The van der Waals surface area contributed by atoms with Crippen molar-refractivity contribution >= 4 is 17.8 Å². The highest BCUT2D eigenvalue weighted by atomic mass is 16.5. The molecule has 2 rings (SSSR count). The molecule has 23 heavy (non-hydrogen) atoms. The van der Waals surface area contributed by atoms with Gasteiger partial charge in [-0.3, -0.25) is 14.5 Å². The SMILES string of the molecule is CC1(C)NC(=O)N(CC(=O)NCCCOc2ccccc2)C1=O. The lowest BCUT2D eigenvalue weighted by Crippen LogP contribution is -2.43. The zero-order chi connectivity index (χ0) is 16.9. The van der Waals surface area contributed by atoms with Crippen LogP contribution >= 0.6 is 0 Å². The number of amides is 4. The highest BCUT2D eigenvalue weighted by Crippen LogP contribution is 2.15. The van der Waals surface area contributed by atoms with Gasteiger partial charge in [0, 0.05) is 6.54 Å². The molecule has 1 aliphatic heterocycles. The molecule has 1 aromatic carbocycles. The van der Waals surface area contributed by atoms with Crippen molar-refractivity contribution in [3.63, 3.8) is 0 Å². The van der Waals surface area contributed by atoms with Gasteiger partial charge in [0.2, 0.25) is 5.91 Å². The second-order valence-electron chi connectivity index (χ2n) is 5.81. The fourth-order valence-corrected chi connectivity index (χ4v) is 2.17. The number of ether oxygens (including phenoxy) is 1. The summed E-state index contributed by atoms with van der Waals surface area (Å²) in [5.74, 6) is 0.0105. The maximum Gasteiger partial charge on any atom is 0.325 e. The molecule has 0 saturated carbocycles. The lowest BCUT2D eigenvalue weighted by molar-refractivity contribution is -0.134. The fourth-order valence-electron chi connectivity index (χ4n) is 2.17. The van der Waals surface area contributed by atoms with Crippen molar-refractivity contribution in [2.75, 3.05) is 19.7 Å². The number of para-hydroxylation sites is 1. The molecule has 0 spiro atoms. The molecule has 1 heterocycles. The Morgan fingerprint density at radius 3 is 2.57 bits per heavy atom. The predicted molar refractivity (Wildman–Crippen MR) is 83.9 cm³/mol. The number of nitrogens with one attached hydrogen (secondary N) is 2. The highest BCUT2D eigenvalue weighted by Gasteiger charge is 2.44. The number of rotatable bonds is 7. The van der Waals surface area contributed by atoms with E-state index < -0.39 is 17.5 Å². The minimum absolute atomic E-state index is 0.270. The molecular weight excluding hydrogens is 298 g/mol. The van der Waals surface area contributed by atoms with Gasteiger partial charge in [-0.25, -0.2) is 4.79 Å². The second-order valence-corrected chi connectivity index (χ2v) is 5.81. The molecule has 1 aromatic rings. The lowest BCUT2D eigenvalue weighted by atomic mass is 10.1. The van der Waals surface area contributed by atoms with Crippen LogP contribution in [0.2, 0.25) is 0 Å². The first-order chi connectivity index (χ1) is 10.9. The number of imide groups is 1. The molecule has 124 valence electrons. The van der Waals surface area contributed by atoms with Crippen molar-refractivity contribution in [1.29, 1.82) is 0 Å². The average molecular weight is 319 g/mol. The van der Waals surface area contributed by atoms with Crippen molar-refractivity contribution in [2.45, 2.75) is 25.8 Å². The molecule has 0 bridgehead atoms. The van der Waals surface area contributed by atoms with Gasteiger partial charge in [-0.1, -0.05) is 18.2 Å². The van der Waals surface area contributed by atoms with Crippen LogP contribution in [-0.4, -0.2) is 48.0 Å². The van der Waals surface area contributed by atoms with E-state index in [1.165, 1.54) is 0 Å². The molecular formula is C16H21N3O4. The smallest absolute Gasteiger partial charge is 0.325 e. The largest absolute Gasteiger partial charge is 0.494 e. The number of benzene rings is 1. The van der Waals surface area contributed by atoms with E-state index in [-0.39, 0.29) is 12.5 Å².